The van der Waals surface area contributed by atoms with Gasteiger partial charge in [-0.25, -0.2) is 0 Å². The number of aromatic hydroxyl groups is 1. The number of nitrogens with one attached hydrogen (secondary N) is 1. The Hall–Kier alpha value is -1.71. The smallest absolute Gasteiger partial charge is 0.255 e. The van der Waals surface area contributed by atoms with Crippen molar-refractivity contribution in [1.29, 1.82) is 0 Å². The van der Waals surface area contributed by atoms with Crippen LogP contribution in [0.2, 0.25) is 0 Å². The largest absolute Gasteiger partial charge is 0.504 e. The zero-order valence-corrected chi connectivity index (χ0v) is 11.5. The summed E-state index contributed by atoms with van der Waals surface area (Å²) in [5, 5.41) is 12.8. The van der Waals surface area contributed by atoms with E-state index in [4.69, 9.17) is 4.74 Å². The maximum absolute atomic E-state index is 12.1. The van der Waals surface area contributed by atoms with Gasteiger partial charge in [0.15, 0.2) is 11.5 Å². The predicted octanol–water partition coefficient (Wildman–Crippen LogP) is 2.71. The highest BCUT2D eigenvalue weighted by atomic mass is 16.5. The van der Waals surface area contributed by atoms with Crippen LogP contribution in [0.5, 0.6) is 11.5 Å². The summed E-state index contributed by atoms with van der Waals surface area (Å²) in [5.41, 5.74) is 0.575. The Morgan fingerprint density at radius 2 is 2.21 bits per heavy atom. The van der Waals surface area contributed by atoms with E-state index in [2.05, 4.69) is 12.2 Å². The van der Waals surface area contributed by atoms with Crippen molar-refractivity contribution in [2.24, 2.45) is 5.41 Å². The van der Waals surface area contributed by atoms with Crippen LogP contribution in [-0.4, -0.2) is 24.7 Å². The van der Waals surface area contributed by atoms with Crippen molar-refractivity contribution in [1.82, 2.24) is 5.32 Å². The molecule has 4 nitrogen and oxygen atoms in total. The molecule has 1 aromatic carbocycles. The van der Waals surface area contributed by atoms with Crippen LogP contribution in [0, 0.1) is 5.41 Å². The first-order valence-electron chi connectivity index (χ1n) is 6.76. The van der Waals surface area contributed by atoms with Gasteiger partial charge >= 0.3 is 0 Å². The zero-order valence-electron chi connectivity index (χ0n) is 11.5. The molecule has 1 saturated carbocycles. The van der Waals surface area contributed by atoms with Crippen LogP contribution in [0.3, 0.4) is 0 Å². The van der Waals surface area contributed by atoms with Crippen LogP contribution in [0.15, 0.2) is 18.2 Å². The molecule has 0 spiro atoms. The number of benzene rings is 1. The third kappa shape index (κ3) is 3.00. The maximum Gasteiger partial charge on any atom is 0.255 e. The molecule has 2 N–H and O–H groups in total. The van der Waals surface area contributed by atoms with Crippen LogP contribution in [-0.2, 0) is 0 Å². The van der Waals surface area contributed by atoms with Crippen molar-refractivity contribution < 1.29 is 14.6 Å². The van der Waals surface area contributed by atoms with Gasteiger partial charge in [-0.15, -0.1) is 0 Å². The van der Waals surface area contributed by atoms with Gasteiger partial charge in [0.2, 0.25) is 0 Å². The summed E-state index contributed by atoms with van der Waals surface area (Å²) in [6, 6.07) is 4.94. The predicted molar refractivity (Wildman–Crippen MR) is 73.6 cm³/mol. The molecule has 1 aromatic rings. The minimum atomic E-state index is -0.237. The number of carbonyl (C=O) groups is 1. The van der Waals surface area contributed by atoms with Crippen LogP contribution < -0.4 is 10.1 Å². The van der Waals surface area contributed by atoms with Crippen molar-refractivity contribution in [3.05, 3.63) is 23.8 Å². The Morgan fingerprint density at radius 3 is 2.79 bits per heavy atom. The topological polar surface area (TPSA) is 58.6 Å². The highest BCUT2D eigenvalue weighted by molar-refractivity contribution is 5.97. The number of carbonyl (C=O) groups excluding carboxylic acids is 1. The molecule has 1 amide bonds. The Morgan fingerprint density at radius 1 is 1.47 bits per heavy atom. The van der Waals surface area contributed by atoms with Gasteiger partial charge in [0.05, 0.1) is 12.7 Å². The standard InChI is InChI=1S/C15H21NO3/c1-3-7-15(8-9-15)10-16-14(18)11-5-4-6-12(19-2)13(11)17/h4-6,17H,3,7-10H2,1-2H3,(H,16,18). The van der Waals surface area contributed by atoms with Gasteiger partial charge in [0.1, 0.15) is 0 Å². The Balaban J connectivity index is 2.00. The molecule has 2 rings (SSSR count). The summed E-state index contributed by atoms with van der Waals surface area (Å²) in [4.78, 5) is 12.1. The second-order valence-electron chi connectivity index (χ2n) is 5.29. The summed E-state index contributed by atoms with van der Waals surface area (Å²) in [7, 11) is 1.47. The Bertz CT molecular complexity index is 466. The second kappa shape index (κ2) is 5.51. The van der Waals surface area contributed by atoms with Crippen LogP contribution in [0.25, 0.3) is 0 Å². The molecule has 0 unspecified atom stereocenters. The van der Waals surface area contributed by atoms with Crippen molar-refractivity contribution in [3.63, 3.8) is 0 Å². The number of ether oxygens (including phenoxy) is 1. The normalized spacial score (nSPS) is 15.9. The van der Waals surface area contributed by atoms with Gasteiger partial charge in [-0.1, -0.05) is 19.4 Å². The maximum atomic E-state index is 12.1. The Kier molecular flexibility index (Phi) is 3.98. The summed E-state index contributed by atoms with van der Waals surface area (Å²) in [6.45, 7) is 2.85. The minimum absolute atomic E-state index is 0.0946. The molecule has 0 saturated heterocycles. The lowest BCUT2D eigenvalue weighted by molar-refractivity contribution is 0.0940. The summed E-state index contributed by atoms with van der Waals surface area (Å²) in [6.07, 6.45) is 4.66. The summed E-state index contributed by atoms with van der Waals surface area (Å²) in [5.74, 6) is -0.0102. The van der Waals surface area contributed by atoms with Crippen molar-refractivity contribution in [3.8, 4) is 11.5 Å². The van der Waals surface area contributed by atoms with E-state index >= 15 is 0 Å². The first-order valence-corrected chi connectivity index (χ1v) is 6.76. The molecule has 4 heteroatoms. The highest BCUT2D eigenvalue weighted by Gasteiger charge is 2.41. The van der Waals surface area contributed by atoms with Crippen LogP contribution in [0.1, 0.15) is 43.0 Å². The molecule has 0 heterocycles. The fourth-order valence-corrected chi connectivity index (χ4v) is 2.46. The fraction of sp³-hybridized carbons (Fsp3) is 0.533. The zero-order chi connectivity index (χ0) is 13.9. The monoisotopic (exact) mass is 263 g/mol. The molecule has 1 aliphatic carbocycles. The first-order chi connectivity index (χ1) is 9.12. The van der Waals surface area contributed by atoms with Crippen molar-refractivity contribution in [2.45, 2.75) is 32.6 Å². The first kappa shape index (κ1) is 13.7. The molecule has 1 aliphatic rings. The molecule has 0 aliphatic heterocycles. The molecule has 104 valence electrons. The second-order valence-corrected chi connectivity index (χ2v) is 5.29. The fourth-order valence-electron chi connectivity index (χ4n) is 2.46. The van der Waals surface area contributed by atoms with E-state index in [9.17, 15) is 9.90 Å². The lowest BCUT2D eigenvalue weighted by atomic mass is 10.0. The van der Waals surface area contributed by atoms with Gasteiger partial charge in [0.25, 0.3) is 5.91 Å². The van der Waals surface area contributed by atoms with Gasteiger partial charge in [-0.3, -0.25) is 4.79 Å². The molecule has 0 atom stereocenters. The molecule has 19 heavy (non-hydrogen) atoms. The number of hydrogen-bond donors (Lipinski definition) is 2. The van der Waals surface area contributed by atoms with Gasteiger partial charge in [-0.05, 0) is 36.8 Å². The molecular formula is C15H21NO3. The van der Waals surface area contributed by atoms with Crippen molar-refractivity contribution in [2.75, 3.05) is 13.7 Å². The van der Waals surface area contributed by atoms with E-state index in [1.165, 1.54) is 20.0 Å². The van der Waals surface area contributed by atoms with E-state index in [1.807, 2.05) is 0 Å². The van der Waals surface area contributed by atoms with E-state index in [1.54, 1.807) is 18.2 Å². The summed E-state index contributed by atoms with van der Waals surface area (Å²) < 4.78 is 5.00. The molecule has 0 radical (unpaired) electrons. The third-order valence-electron chi connectivity index (χ3n) is 3.82. The molecule has 0 bridgehead atoms. The Labute approximate surface area is 113 Å². The minimum Gasteiger partial charge on any atom is -0.504 e. The number of methoxy groups -OCH3 is 1. The van der Waals surface area contributed by atoms with Gasteiger partial charge in [0, 0.05) is 6.54 Å². The van der Waals surface area contributed by atoms with E-state index < -0.39 is 0 Å². The van der Waals surface area contributed by atoms with E-state index in [-0.39, 0.29) is 17.2 Å². The molecular weight excluding hydrogens is 242 g/mol. The number of phenolic OH excluding ortho intramolecular Hbond substituents is 1. The summed E-state index contributed by atoms with van der Waals surface area (Å²) >= 11 is 0. The average molecular weight is 263 g/mol. The molecule has 1 fully saturated rings. The quantitative estimate of drug-likeness (QED) is 0.829. The number of hydrogen-bond acceptors (Lipinski definition) is 3. The highest BCUT2D eigenvalue weighted by Crippen LogP contribution is 2.49. The average Bonchev–Trinajstić information content (AvgIpc) is 3.17. The lowest BCUT2D eigenvalue weighted by Crippen LogP contribution is -2.30. The number of amides is 1. The van der Waals surface area contributed by atoms with E-state index in [0.29, 0.717) is 17.7 Å². The van der Waals surface area contributed by atoms with Crippen molar-refractivity contribution >= 4 is 5.91 Å². The number of phenols is 1. The molecule has 0 aromatic heterocycles. The lowest BCUT2D eigenvalue weighted by Gasteiger charge is -2.15. The van der Waals surface area contributed by atoms with Crippen LogP contribution >= 0.6 is 0 Å². The van der Waals surface area contributed by atoms with E-state index in [0.717, 1.165) is 12.8 Å². The number of para-hydroxylation sites is 1. The third-order valence-corrected chi connectivity index (χ3v) is 3.82. The van der Waals surface area contributed by atoms with Crippen LogP contribution in [0.4, 0.5) is 0 Å². The van der Waals surface area contributed by atoms with Gasteiger partial charge in [-0.2, -0.15) is 0 Å². The SMILES string of the molecule is CCCC1(CNC(=O)c2cccc(OC)c2O)CC1. The number of rotatable bonds is 6. The van der Waals surface area contributed by atoms with Gasteiger partial charge < -0.3 is 15.2 Å².